The molecule has 2 N–H and O–H groups in total. The van der Waals surface area contributed by atoms with E-state index in [1.807, 2.05) is 42.5 Å². The Morgan fingerprint density at radius 2 is 1.47 bits per heavy atom. The summed E-state index contributed by atoms with van der Waals surface area (Å²) in [5.74, 6) is 5.44. The van der Waals surface area contributed by atoms with Crippen LogP contribution in [0.5, 0.6) is 0 Å². The summed E-state index contributed by atoms with van der Waals surface area (Å²) in [6.45, 7) is 4.84. The highest BCUT2D eigenvalue weighted by molar-refractivity contribution is 5.86. The van der Waals surface area contributed by atoms with Crippen molar-refractivity contribution < 1.29 is 10.2 Å². The fourth-order valence-corrected chi connectivity index (χ4v) is 1.99. The van der Waals surface area contributed by atoms with Crippen molar-refractivity contribution in [2.75, 3.05) is 0 Å². The van der Waals surface area contributed by atoms with Gasteiger partial charge in [0, 0.05) is 5.56 Å². The van der Waals surface area contributed by atoms with Gasteiger partial charge in [-0.3, -0.25) is 0 Å². The molecule has 0 radical (unpaired) electrons. The van der Waals surface area contributed by atoms with Crippen LogP contribution in [0.15, 0.2) is 42.5 Å². The molecule has 2 heteroatoms. The molecule has 19 heavy (non-hydrogen) atoms. The predicted octanol–water partition coefficient (Wildman–Crippen LogP) is 2.82. The third-order valence-corrected chi connectivity index (χ3v) is 2.93. The van der Waals surface area contributed by atoms with Gasteiger partial charge in [-0.05, 0) is 31.5 Å². The summed E-state index contributed by atoms with van der Waals surface area (Å²) in [5.41, 5.74) is -1.66. The number of rotatable bonds is 1. The zero-order valence-electron chi connectivity index (χ0n) is 11.4. The van der Waals surface area contributed by atoms with Crippen molar-refractivity contribution in [1.82, 2.24) is 0 Å². The number of hydrogen-bond donors (Lipinski definition) is 2. The molecule has 2 aromatic rings. The molecule has 0 aliphatic rings. The normalized spacial score (nSPS) is 14.6. The Balaban J connectivity index is 2.57. The average molecular weight is 254 g/mol. The maximum Gasteiger partial charge on any atom is 0.148 e. The standard InChI is InChI=1S/C17H18O2/c1-16(2,18)11-12-17(3,19)15-10-6-8-13-7-4-5-9-14(13)15/h4-10,18-19H,1-3H3/t17-/m0/s1. The van der Waals surface area contributed by atoms with Crippen LogP contribution in [-0.2, 0) is 5.60 Å². The van der Waals surface area contributed by atoms with Gasteiger partial charge >= 0.3 is 0 Å². The molecule has 0 unspecified atom stereocenters. The highest BCUT2D eigenvalue weighted by Crippen LogP contribution is 2.28. The number of aliphatic hydroxyl groups is 2. The zero-order chi connectivity index (χ0) is 14.1. The Morgan fingerprint density at radius 3 is 2.16 bits per heavy atom. The lowest BCUT2D eigenvalue weighted by atomic mass is 9.91. The smallest absolute Gasteiger partial charge is 0.148 e. The van der Waals surface area contributed by atoms with E-state index in [0.29, 0.717) is 0 Å². The predicted molar refractivity (Wildman–Crippen MR) is 77.6 cm³/mol. The van der Waals surface area contributed by atoms with Crippen LogP contribution in [0, 0.1) is 11.8 Å². The van der Waals surface area contributed by atoms with E-state index in [1.165, 1.54) is 0 Å². The summed E-state index contributed by atoms with van der Waals surface area (Å²) >= 11 is 0. The quantitative estimate of drug-likeness (QED) is 0.768. The molecule has 1 atom stereocenters. The second-order valence-electron chi connectivity index (χ2n) is 5.41. The first kappa shape index (κ1) is 13.6. The molecule has 0 aliphatic heterocycles. The Bertz CT molecular complexity index is 647. The van der Waals surface area contributed by atoms with Gasteiger partial charge in [-0.2, -0.15) is 0 Å². The number of hydrogen-bond acceptors (Lipinski definition) is 2. The van der Waals surface area contributed by atoms with Gasteiger partial charge in [0.15, 0.2) is 0 Å². The van der Waals surface area contributed by atoms with Crippen LogP contribution in [-0.4, -0.2) is 15.8 Å². The average Bonchev–Trinajstić information content (AvgIpc) is 2.35. The van der Waals surface area contributed by atoms with E-state index >= 15 is 0 Å². The SMILES string of the molecule is CC(C)(O)C#C[C@](C)(O)c1cccc2ccccc12. The third kappa shape index (κ3) is 3.14. The van der Waals surface area contributed by atoms with Crippen LogP contribution in [0.3, 0.4) is 0 Å². The van der Waals surface area contributed by atoms with Crippen molar-refractivity contribution in [3.05, 3.63) is 48.0 Å². The zero-order valence-corrected chi connectivity index (χ0v) is 11.4. The molecular weight excluding hydrogens is 236 g/mol. The molecule has 0 aliphatic carbocycles. The molecule has 0 aromatic heterocycles. The van der Waals surface area contributed by atoms with Gasteiger partial charge in [0.2, 0.25) is 0 Å². The van der Waals surface area contributed by atoms with E-state index in [9.17, 15) is 10.2 Å². The molecule has 2 aromatic carbocycles. The van der Waals surface area contributed by atoms with E-state index in [2.05, 4.69) is 11.8 Å². The Labute approximate surface area is 113 Å². The van der Waals surface area contributed by atoms with Gasteiger partial charge in [0.25, 0.3) is 0 Å². The molecule has 2 rings (SSSR count). The van der Waals surface area contributed by atoms with E-state index in [0.717, 1.165) is 16.3 Å². The first-order valence-corrected chi connectivity index (χ1v) is 6.27. The molecule has 98 valence electrons. The Hall–Kier alpha value is -1.82. The van der Waals surface area contributed by atoms with Crippen LogP contribution in [0.4, 0.5) is 0 Å². The van der Waals surface area contributed by atoms with Crippen LogP contribution < -0.4 is 0 Å². The molecule has 0 saturated carbocycles. The summed E-state index contributed by atoms with van der Waals surface area (Å²) in [6, 6.07) is 13.6. The van der Waals surface area contributed by atoms with Crippen molar-refractivity contribution in [3.8, 4) is 11.8 Å². The topological polar surface area (TPSA) is 40.5 Å². The molecular formula is C17H18O2. The van der Waals surface area contributed by atoms with Crippen LogP contribution >= 0.6 is 0 Å². The maximum absolute atomic E-state index is 10.6. The second kappa shape index (κ2) is 4.70. The van der Waals surface area contributed by atoms with Crippen molar-refractivity contribution in [1.29, 1.82) is 0 Å². The fourth-order valence-electron chi connectivity index (χ4n) is 1.99. The van der Waals surface area contributed by atoms with Crippen molar-refractivity contribution in [2.24, 2.45) is 0 Å². The lowest BCUT2D eigenvalue weighted by Gasteiger charge is -2.20. The van der Waals surface area contributed by atoms with Crippen LogP contribution in [0.2, 0.25) is 0 Å². The Kier molecular flexibility index (Phi) is 3.36. The molecule has 0 heterocycles. The van der Waals surface area contributed by atoms with Crippen molar-refractivity contribution >= 4 is 10.8 Å². The van der Waals surface area contributed by atoms with Gasteiger partial charge < -0.3 is 10.2 Å². The van der Waals surface area contributed by atoms with Gasteiger partial charge in [-0.15, -0.1) is 0 Å². The molecule has 0 spiro atoms. The highest BCUT2D eigenvalue weighted by Gasteiger charge is 2.23. The molecule has 2 nitrogen and oxygen atoms in total. The largest absolute Gasteiger partial charge is 0.378 e. The van der Waals surface area contributed by atoms with Gasteiger partial charge in [0.05, 0.1) is 0 Å². The second-order valence-corrected chi connectivity index (χ2v) is 5.41. The summed E-state index contributed by atoms with van der Waals surface area (Å²) in [5, 5.41) is 22.3. The molecule has 0 amide bonds. The van der Waals surface area contributed by atoms with Crippen LogP contribution in [0.25, 0.3) is 10.8 Å². The van der Waals surface area contributed by atoms with Gasteiger partial charge in [-0.1, -0.05) is 54.3 Å². The van der Waals surface area contributed by atoms with Crippen molar-refractivity contribution in [2.45, 2.75) is 32.0 Å². The minimum absolute atomic E-state index is 0.752. The number of benzene rings is 2. The van der Waals surface area contributed by atoms with E-state index in [1.54, 1.807) is 20.8 Å². The molecule has 0 fully saturated rings. The third-order valence-electron chi connectivity index (χ3n) is 2.93. The summed E-state index contributed by atoms with van der Waals surface area (Å²) in [7, 11) is 0. The monoisotopic (exact) mass is 254 g/mol. The van der Waals surface area contributed by atoms with Crippen molar-refractivity contribution in [3.63, 3.8) is 0 Å². The fraction of sp³-hybridized carbons (Fsp3) is 0.294. The van der Waals surface area contributed by atoms with Crippen LogP contribution in [0.1, 0.15) is 26.3 Å². The lowest BCUT2D eigenvalue weighted by Crippen LogP contribution is -2.22. The molecule has 0 bridgehead atoms. The Morgan fingerprint density at radius 1 is 0.842 bits per heavy atom. The van der Waals surface area contributed by atoms with E-state index < -0.39 is 11.2 Å². The molecule has 0 saturated heterocycles. The summed E-state index contributed by atoms with van der Waals surface area (Å²) in [4.78, 5) is 0. The highest BCUT2D eigenvalue weighted by atomic mass is 16.3. The van der Waals surface area contributed by atoms with Gasteiger partial charge in [-0.25, -0.2) is 0 Å². The minimum atomic E-state index is -1.29. The number of fused-ring (bicyclic) bond motifs is 1. The first-order chi connectivity index (χ1) is 8.80. The van der Waals surface area contributed by atoms with E-state index in [-0.39, 0.29) is 0 Å². The summed E-state index contributed by atoms with van der Waals surface area (Å²) < 4.78 is 0. The lowest BCUT2D eigenvalue weighted by molar-refractivity contribution is 0.118. The minimum Gasteiger partial charge on any atom is -0.378 e. The van der Waals surface area contributed by atoms with Gasteiger partial charge in [0.1, 0.15) is 11.2 Å². The maximum atomic E-state index is 10.6. The van der Waals surface area contributed by atoms with E-state index in [4.69, 9.17) is 0 Å². The first-order valence-electron chi connectivity index (χ1n) is 6.27. The summed E-state index contributed by atoms with van der Waals surface area (Å²) in [6.07, 6.45) is 0.